The van der Waals surface area contributed by atoms with Gasteiger partial charge in [-0.05, 0) is 43.5 Å². The number of rotatable bonds is 2. The molecule has 1 aliphatic heterocycles. The summed E-state index contributed by atoms with van der Waals surface area (Å²) in [5.41, 5.74) is 6.41. The fraction of sp³-hybridized carbons (Fsp3) is 0.462. The third-order valence-electron chi connectivity index (χ3n) is 3.25. The van der Waals surface area contributed by atoms with E-state index in [0.29, 0.717) is 17.1 Å². The first-order valence-corrected chi connectivity index (χ1v) is 6.37. The largest absolute Gasteiger partial charge is 0.334 e. The van der Waals surface area contributed by atoms with Crippen LogP contribution < -0.4 is 5.73 Å². The molecule has 5 heteroatoms. The monoisotopic (exact) mass is 288 g/mol. The van der Waals surface area contributed by atoms with E-state index in [1.54, 1.807) is 24.3 Å². The minimum Gasteiger partial charge on any atom is -0.334 e. The van der Waals surface area contributed by atoms with E-state index in [9.17, 15) is 4.79 Å². The molecular weight excluding hydrogens is 271 g/mol. The first-order chi connectivity index (χ1) is 8.22. The van der Waals surface area contributed by atoms with Crippen LogP contribution >= 0.6 is 24.0 Å². The lowest BCUT2D eigenvalue weighted by molar-refractivity contribution is 0.0623. The fourth-order valence-electron chi connectivity index (χ4n) is 2.27. The van der Waals surface area contributed by atoms with Crippen molar-refractivity contribution in [1.29, 1.82) is 0 Å². The van der Waals surface area contributed by atoms with Gasteiger partial charge in [0.05, 0.1) is 0 Å². The maximum Gasteiger partial charge on any atom is 0.254 e. The van der Waals surface area contributed by atoms with Crippen molar-refractivity contribution in [3.8, 4) is 0 Å². The van der Waals surface area contributed by atoms with E-state index in [-0.39, 0.29) is 24.4 Å². The van der Waals surface area contributed by atoms with Gasteiger partial charge in [-0.2, -0.15) is 0 Å². The first-order valence-electron chi connectivity index (χ1n) is 5.99. The second-order valence-electron chi connectivity index (χ2n) is 4.39. The molecule has 0 aliphatic carbocycles. The number of amides is 1. The Morgan fingerprint density at radius 2 is 2.00 bits per heavy atom. The van der Waals surface area contributed by atoms with Crippen molar-refractivity contribution in [2.75, 3.05) is 13.1 Å². The maximum atomic E-state index is 12.3. The average Bonchev–Trinajstić information content (AvgIpc) is 2.39. The molecule has 0 bridgehead atoms. The van der Waals surface area contributed by atoms with Crippen molar-refractivity contribution >= 4 is 29.9 Å². The van der Waals surface area contributed by atoms with Crippen LogP contribution in [0.4, 0.5) is 0 Å². The van der Waals surface area contributed by atoms with Gasteiger partial charge in [0.25, 0.3) is 5.91 Å². The Morgan fingerprint density at radius 1 is 1.33 bits per heavy atom. The summed E-state index contributed by atoms with van der Waals surface area (Å²) in [5, 5.41) is 0.649. The van der Waals surface area contributed by atoms with Crippen molar-refractivity contribution in [3.05, 3.63) is 34.9 Å². The summed E-state index contributed by atoms with van der Waals surface area (Å²) in [6.45, 7) is 1.35. The van der Waals surface area contributed by atoms with Gasteiger partial charge in [-0.3, -0.25) is 4.79 Å². The van der Waals surface area contributed by atoms with Crippen LogP contribution in [-0.4, -0.2) is 29.9 Å². The SMILES string of the molecule is Cl.NCC1CCCCN1C(=O)c1ccc(Cl)cc1. The molecule has 1 saturated heterocycles. The van der Waals surface area contributed by atoms with Crippen LogP contribution in [0.2, 0.25) is 5.02 Å². The summed E-state index contributed by atoms with van der Waals surface area (Å²) in [4.78, 5) is 14.2. The van der Waals surface area contributed by atoms with Crippen molar-refractivity contribution < 1.29 is 4.79 Å². The summed E-state index contributed by atoms with van der Waals surface area (Å²) < 4.78 is 0. The molecule has 2 rings (SSSR count). The van der Waals surface area contributed by atoms with Crippen LogP contribution in [0, 0.1) is 0 Å². The zero-order valence-electron chi connectivity index (χ0n) is 10.1. The van der Waals surface area contributed by atoms with Crippen LogP contribution in [0.25, 0.3) is 0 Å². The molecule has 1 aliphatic rings. The van der Waals surface area contributed by atoms with Gasteiger partial charge < -0.3 is 10.6 Å². The number of carbonyl (C=O) groups is 1. The molecule has 1 aromatic rings. The first kappa shape index (κ1) is 15.3. The Morgan fingerprint density at radius 3 is 2.61 bits per heavy atom. The predicted molar refractivity (Wildman–Crippen MR) is 76.4 cm³/mol. The molecule has 1 atom stereocenters. The molecule has 1 fully saturated rings. The number of likely N-dealkylation sites (tertiary alicyclic amines) is 1. The zero-order chi connectivity index (χ0) is 12.3. The van der Waals surface area contributed by atoms with E-state index in [0.717, 1.165) is 25.8 Å². The minimum atomic E-state index is 0. The lowest BCUT2D eigenvalue weighted by atomic mass is 10.0. The quantitative estimate of drug-likeness (QED) is 0.910. The smallest absolute Gasteiger partial charge is 0.254 e. The van der Waals surface area contributed by atoms with Gasteiger partial charge in [-0.15, -0.1) is 12.4 Å². The third kappa shape index (κ3) is 3.37. The standard InChI is InChI=1S/C13H17ClN2O.ClH/c14-11-6-4-10(5-7-11)13(17)16-8-2-1-3-12(16)9-15;/h4-7,12H,1-3,8-9,15H2;1H. The van der Waals surface area contributed by atoms with Crippen molar-refractivity contribution in [3.63, 3.8) is 0 Å². The van der Waals surface area contributed by atoms with Crippen molar-refractivity contribution in [2.45, 2.75) is 25.3 Å². The third-order valence-corrected chi connectivity index (χ3v) is 3.50. The summed E-state index contributed by atoms with van der Waals surface area (Å²) >= 11 is 5.81. The molecule has 0 aromatic heterocycles. The van der Waals surface area contributed by atoms with Crippen molar-refractivity contribution in [1.82, 2.24) is 4.90 Å². The number of hydrogen-bond acceptors (Lipinski definition) is 2. The molecule has 0 saturated carbocycles. The Labute approximate surface area is 119 Å². The number of piperidine rings is 1. The van der Waals surface area contributed by atoms with E-state index < -0.39 is 0 Å². The molecule has 1 heterocycles. The number of carbonyl (C=O) groups excluding carboxylic acids is 1. The topological polar surface area (TPSA) is 46.3 Å². The van der Waals surface area contributed by atoms with Crippen LogP contribution in [0.3, 0.4) is 0 Å². The highest BCUT2D eigenvalue weighted by Crippen LogP contribution is 2.19. The molecule has 2 N–H and O–H groups in total. The van der Waals surface area contributed by atoms with E-state index in [1.807, 2.05) is 4.90 Å². The second kappa shape index (κ2) is 6.98. The summed E-state index contributed by atoms with van der Waals surface area (Å²) in [7, 11) is 0. The number of benzene rings is 1. The summed E-state index contributed by atoms with van der Waals surface area (Å²) in [6, 6.07) is 7.22. The molecule has 100 valence electrons. The van der Waals surface area contributed by atoms with Gasteiger partial charge in [-0.1, -0.05) is 11.6 Å². The van der Waals surface area contributed by atoms with Gasteiger partial charge in [0.2, 0.25) is 0 Å². The van der Waals surface area contributed by atoms with Crippen LogP contribution in [-0.2, 0) is 0 Å². The molecule has 1 unspecified atom stereocenters. The molecule has 18 heavy (non-hydrogen) atoms. The molecule has 1 aromatic carbocycles. The van der Waals surface area contributed by atoms with E-state index in [1.165, 1.54) is 0 Å². The lowest BCUT2D eigenvalue weighted by Gasteiger charge is -2.35. The van der Waals surface area contributed by atoms with Crippen LogP contribution in [0.5, 0.6) is 0 Å². The zero-order valence-corrected chi connectivity index (χ0v) is 11.7. The molecular formula is C13H18Cl2N2O. The lowest BCUT2D eigenvalue weighted by Crippen LogP contribution is -2.47. The van der Waals surface area contributed by atoms with Gasteiger partial charge in [-0.25, -0.2) is 0 Å². The highest BCUT2D eigenvalue weighted by Gasteiger charge is 2.26. The molecule has 1 amide bonds. The van der Waals surface area contributed by atoms with Gasteiger partial charge in [0.1, 0.15) is 0 Å². The van der Waals surface area contributed by atoms with Crippen molar-refractivity contribution in [2.24, 2.45) is 5.73 Å². The molecule has 3 nitrogen and oxygen atoms in total. The predicted octanol–water partition coefficient (Wildman–Crippen LogP) is 2.72. The Kier molecular flexibility index (Phi) is 5.93. The average molecular weight is 289 g/mol. The molecule has 0 radical (unpaired) electrons. The number of nitrogens with two attached hydrogens (primary N) is 1. The number of hydrogen-bond donors (Lipinski definition) is 1. The molecule has 0 spiro atoms. The number of nitrogens with zero attached hydrogens (tertiary/aromatic N) is 1. The Hall–Kier alpha value is -0.770. The number of halogens is 2. The summed E-state index contributed by atoms with van der Waals surface area (Å²) in [5.74, 6) is 0.0665. The van der Waals surface area contributed by atoms with E-state index in [4.69, 9.17) is 17.3 Å². The summed E-state index contributed by atoms with van der Waals surface area (Å²) in [6.07, 6.45) is 3.23. The van der Waals surface area contributed by atoms with Gasteiger partial charge >= 0.3 is 0 Å². The Balaban J connectivity index is 0.00000162. The second-order valence-corrected chi connectivity index (χ2v) is 4.83. The normalized spacial score (nSPS) is 19.2. The fourth-order valence-corrected chi connectivity index (χ4v) is 2.40. The van der Waals surface area contributed by atoms with Gasteiger partial charge in [0, 0.05) is 29.7 Å². The van der Waals surface area contributed by atoms with Gasteiger partial charge in [0.15, 0.2) is 0 Å². The van der Waals surface area contributed by atoms with Crippen LogP contribution in [0.1, 0.15) is 29.6 Å². The Bertz CT molecular complexity index is 394. The highest BCUT2D eigenvalue weighted by atomic mass is 35.5. The minimum absolute atomic E-state index is 0. The highest BCUT2D eigenvalue weighted by molar-refractivity contribution is 6.30. The van der Waals surface area contributed by atoms with Crippen LogP contribution in [0.15, 0.2) is 24.3 Å². The maximum absolute atomic E-state index is 12.3. The van der Waals surface area contributed by atoms with E-state index >= 15 is 0 Å². The van der Waals surface area contributed by atoms with E-state index in [2.05, 4.69) is 0 Å².